The molecule has 0 bridgehead atoms. The Hall–Kier alpha value is -3.57. The van der Waals surface area contributed by atoms with Crippen molar-refractivity contribution in [2.24, 2.45) is 4.99 Å². The summed E-state index contributed by atoms with van der Waals surface area (Å²) in [5.74, 6) is 1.65. The van der Waals surface area contributed by atoms with Crippen LogP contribution in [0.5, 0.6) is 23.0 Å². The van der Waals surface area contributed by atoms with Crippen LogP contribution in [-0.2, 0) is 9.53 Å². The average molecular weight is 603 g/mol. The summed E-state index contributed by atoms with van der Waals surface area (Å²) in [6, 6.07) is 8.13. The predicted molar refractivity (Wildman–Crippen MR) is 147 cm³/mol. The van der Waals surface area contributed by atoms with Gasteiger partial charge in [0.15, 0.2) is 16.3 Å². The molecule has 1 aliphatic rings. The Bertz CT molecular complexity index is 1580. The van der Waals surface area contributed by atoms with Gasteiger partial charge in [-0.25, -0.2) is 9.79 Å². The molecule has 0 saturated heterocycles. The molecule has 0 spiro atoms. The second-order valence-corrected chi connectivity index (χ2v) is 9.84. The predicted octanol–water partition coefficient (Wildman–Crippen LogP) is 3.60. The summed E-state index contributed by atoms with van der Waals surface area (Å²) in [5, 5.41) is 0. The zero-order chi connectivity index (χ0) is 27.4. The van der Waals surface area contributed by atoms with Crippen molar-refractivity contribution < 1.29 is 28.5 Å². The number of carbonyl (C=O) groups excluding carboxylic acids is 1. The van der Waals surface area contributed by atoms with E-state index in [-0.39, 0.29) is 11.1 Å². The molecule has 1 aromatic heterocycles. The first-order valence-corrected chi connectivity index (χ1v) is 13.4. The molecule has 2 heterocycles. The molecule has 200 valence electrons. The van der Waals surface area contributed by atoms with E-state index in [1.54, 1.807) is 44.6 Å². The number of methoxy groups -OCH3 is 3. The summed E-state index contributed by atoms with van der Waals surface area (Å²) in [6.07, 6.45) is 3.18. The Morgan fingerprint density at radius 3 is 2.39 bits per heavy atom. The van der Waals surface area contributed by atoms with Gasteiger partial charge in [-0.1, -0.05) is 17.4 Å². The third-order valence-electron chi connectivity index (χ3n) is 5.80. The topological polar surface area (TPSA) is 97.6 Å². The zero-order valence-electron chi connectivity index (χ0n) is 21.6. The van der Waals surface area contributed by atoms with Gasteiger partial charge in [-0.05, 0) is 59.6 Å². The number of benzene rings is 2. The number of hydrogen-bond acceptors (Lipinski definition) is 9. The largest absolute Gasteiger partial charge is 0.496 e. The number of carbonyl (C=O) groups is 1. The fourth-order valence-electron chi connectivity index (χ4n) is 4.12. The van der Waals surface area contributed by atoms with Crippen LogP contribution in [-0.4, -0.2) is 45.1 Å². The minimum absolute atomic E-state index is 0.225. The molecule has 0 fully saturated rings. The first-order chi connectivity index (χ1) is 18.4. The lowest BCUT2D eigenvalue weighted by Crippen LogP contribution is -2.39. The Kier molecular flexibility index (Phi) is 8.58. The smallest absolute Gasteiger partial charge is 0.337 e. The highest BCUT2D eigenvalue weighted by atomic mass is 79.9. The second kappa shape index (κ2) is 11.9. The SMILES string of the molecule is CCOc1ccc([C@@H]2C(C(=O)OC)=CN=c3s/c(=C\c4cc(Br)c(OC)cc4OC)c(=O)n32)cc1OCC. The first-order valence-electron chi connectivity index (χ1n) is 11.8. The average Bonchev–Trinajstić information content (AvgIpc) is 3.24. The van der Waals surface area contributed by atoms with Crippen molar-refractivity contribution in [3.05, 3.63) is 77.4 Å². The lowest BCUT2D eigenvalue weighted by atomic mass is 9.97. The summed E-state index contributed by atoms with van der Waals surface area (Å²) in [5.41, 5.74) is 1.24. The number of aromatic nitrogens is 1. The number of halogens is 1. The van der Waals surface area contributed by atoms with Crippen molar-refractivity contribution in [2.45, 2.75) is 19.9 Å². The van der Waals surface area contributed by atoms with Gasteiger partial charge in [0, 0.05) is 17.8 Å². The van der Waals surface area contributed by atoms with Crippen LogP contribution in [0.4, 0.5) is 0 Å². The van der Waals surface area contributed by atoms with E-state index in [0.29, 0.717) is 61.1 Å². The minimum atomic E-state index is -0.778. The van der Waals surface area contributed by atoms with E-state index < -0.39 is 12.0 Å². The summed E-state index contributed by atoms with van der Waals surface area (Å²) in [6.45, 7) is 4.64. The lowest BCUT2D eigenvalue weighted by molar-refractivity contribution is -0.136. The Morgan fingerprint density at radius 1 is 1.03 bits per heavy atom. The highest BCUT2D eigenvalue weighted by Crippen LogP contribution is 2.35. The molecule has 2 aromatic carbocycles. The van der Waals surface area contributed by atoms with E-state index in [0.717, 1.165) is 0 Å². The van der Waals surface area contributed by atoms with Gasteiger partial charge in [0.1, 0.15) is 11.5 Å². The van der Waals surface area contributed by atoms with Crippen LogP contribution >= 0.6 is 27.3 Å². The van der Waals surface area contributed by atoms with Crippen molar-refractivity contribution in [1.82, 2.24) is 4.57 Å². The van der Waals surface area contributed by atoms with Crippen LogP contribution in [0, 0.1) is 0 Å². The summed E-state index contributed by atoms with van der Waals surface area (Å²) in [4.78, 5) is 31.4. The normalized spacial score (nSPS) is 14.7. The van der Waals surface area contributed by atoms with E-state index >= 15 is 0 Å². The van der Waals surface area contributed by atoms with Crippen LogP contribution in [0.25, 0.3) is 6.08 Å². The molecule has 0 aliphatic carbocycles. The van der Waals surface area contributed by atoms with Gasteiger partial charge >= 0.3 is 5.97 Å². The quantitative estimate of drug-likeness (QED) is 0.345. The molecule has 38 heavy (non-hydrogen) atoms. The van der Waals surface area contributed by atoms with Gasteiger partial charge in [-0.2, -0.15) is 0 Å². The minimum Gasteiger partial charge on any atom is -0.496 e. The monoisotopic (exact) mass is 602 g/mol. The highest BCUT2D eigenvalue weighted by molar-refractivity contribution is 9.10. The van der Waals surface area contributed by atoms with Crippen molar-refractivity contribution in [3.8, 4) is 23.0 Å². The Morgan fingerprint density at radius 2 is 1.74 bits per heavy atom. The second-order valence-electron chi connectivity index (χ2n) is 7.98. The van der Waals surface area contributed by atoms with Crippen LogP contribution in [0.1, 0.15) is 31.0 Å². The van der Waals surface area contributed by atoms with E-state index in [9.17, 15) is 9.59 Å². The van der Waals surface area contributed by atoms with Crippen LogP contribution in [0.3, 0.4) is 0 Å². The lowest BCUT2D eigenvalue weighted by Gasteiger charge is -2.23. The van der Waals surface area contributed by atoms with Crippen molar-refractivity contribution >= 4 is 39.3 Å². The van der Waals surface area contributed by atoms with Gasteiger partial charge in [0.2, 0.25) is 0 Å². The number of fused-ring (bicyclic) bond motifs is 1. The fraction of sp³-hybridized carbons (Fsp3) is 0.296. The number of esters is 1. The zero-order valence-corrected chi connectivity index (χ0v) is 24.0. The maximum absolute atomic E-state index is 13.8. The van der Waals surface area contributed by atoms with Crippen LogP contribution in [0.15, 0.2) is 56.4 Å². The third-order valence-corrected chi connectivity index (χ3v) is 7.42. The molecule has 0 N–H and O–H groups in total. The molecule has 1 atom stereocenters. The molecular weight excluding hydrogens is 576 g/mol. The molecule has 9 nitrogen and oxygen atoms in total. The molecule has 1 aliphatic heterocycles. The van der Waals surface area contributed by atoms with Crippen molar-refractivity contribution in [3.63, 3.8) is 0 Å². The van der Waals surface area contributed by atoms with E-state index in [4.69, 9.17) is 23.7 Å². The summed E-state index contributed by atoms with van der Waals surface area (Å²) >= 11 is 4.70. The highest BCUT2D eigenvalue weighted by Gasteiger charge is 2.31. The number of nitrogens with zero attached hydrogens (tertiary/aromatic N) is 2. The Labute approximate surface area is 231 Å². The van der Waals surface area contributed by atoms with E-state index in [1.807, 2.05) is 19.9 Å². The standard InChI is InChI=1S/C27H27BrN2O7S/c1-6-36-19-9-8-15(11-22(19)37-7-2)24-17(26(32)35-5)14-29-27-30(24)25(31)23(38-27)12-16-10-18(28)21(34-4)13-20(16)33-3/h8-14,24H,6-7H2,1-5H3/b23-12-/t24-/m1/s1. The molecule has 0 amide bonds. The van der Waals surface area contributed by atoms with Gasteiger partial charge in [0.25, 0.3) is 5.56 Å². The molecule has 0 saturated carbocycles. The molecule has 4 rings (SSSR count). The molecule has 0 radical (unpaired) electrons. The van der Waals surface area contributed by atoms with Crippen LogP contribution in [0.2, 0.25) is 0 Å². The van der Waals surface area contributed by atoms with E-state index in [2.05, 4.69) is 20.9 Å². The summed E-state index contributed by atoms with van der Waals surface area (Å²) in [7, 11) is 4.41. The Balaban J connectivity index is 1.92. The molecule has 3 aromatic rings. The van der Waals surface area contributed by atoms with E-state index in [1.165, 1.54) is 29.2 Å². The van der Waals surface area contributed by atoms with Gasteiger partial charge < -0.3 is 23.7 Å². The van der Waals surface area contributed by atoms with Gasteiger partial charge in [-0.15, -0.1) is 0 Å². The number of ether oxygens (including phenoxy) is 5. The van der Waals surface area contributed by atoms with Crippen LogP contribution < -0.4 is 33.8 Å². The number of hydrogen-bond donors (Lipinski definition) is 0. The van der Waals surface area contributed by atoms with Crippen molar-refractivity contribution in [2.75, 3.05) is 34.5 Å². The van der Waals surface area contributed by atoms with Gasteiger partial charge in [0.05, 0.1) is 55.2 Å². The molecular formula is C27H27BrN2O7S. The van der Waals surface area contributed by atoms with Gasteiger partial charge in [-0.3, -0.25) is 9.36 Å². The number of thiazole rings is 1. The molecule has 11 heteroatoms. The molecule has 0 unspecified atom stereocenters. The van der Waals surface area contributed by atoms with Crippen molar-refractivity contribution in [1.29, 1.82) is 0 Å². The maximum Gasteiger partial charge on any atom is 0.337 e. The third kappa shape index (κ3) is 5.21. The first kappa shape index (κ1) is 27.5. The number of rotatable bonds is 9. The fourth-order valence-corrected chi connectivity index (χ4v) is 5.61. The summed E-state index contributed by atoms with van der Waals surface area (Å²) < 4.78 is 30.0. The maximum atomic E-state index is 13.8.